The molecule has 5 nitrogen and oxygen atoms in total. The third-order valence-electron chi connectivity index (χ3n) is 5.40. The summed E-state index contributed by atoms with van der Waals surface area (Å²) in [5, 5.41) is 0.597. The van der Waals surface area contributed by atoms with Crippen molar-refractivity contribution in [2.45, 2.75) is 39.8 Å². The second kappa shape index (κ2) is 7.56. The summed E-state index contributed by atoms with van der Waals surface area (Å²) in [4.78, 5) is 34.9. The molecule has 146 valence electrons. The SMILES string of the molecule is Cc1sc2nc(CN3CCCC3)n(CC(=O)c3ccc(F)cc3)c(=O)c2c1C. The largest absolute Gasteiger partial charge is 0.296 e. The summed E-state index contributed by atoms with van der Waals surface area (Å²) in [5.74, 6) is 0.00235. The zero-order chi connectivity index (χ0) is 19.8. The molecule has 1 saturated heterocycles. The molecule has 0 amide bonds. The fraction of sp³-hybridized carbons (Fsp3) is 0.381. The molecule has 0 bridgehead atoms. The number of benzene rings is 1. The molecule has 1 fully saturated rings. The Balaban J connectivity index is 1.78. The van der Waals surface area contributed by atoms with Crippen LogP contribution in [-0.4, -0.2) is 33.3 Å². The van der Waals surface area contributed by atoms with Crippen molar-refractivity contribution in [2.75, 3.05) is 13.1 Å². The fourth-order valence-electron chi connectivity index (χ4n) is 3.66. The Labute approximate surface area is 166 Å². The molecule has 3 heterocycles. The number of ketones is 1. The van der Waals surface area contributed by atoms with Gasteiger partial charge in [0.25, 0.3) is 5.56 Å². The summed E-state index contributed by atoms with van der Waals surface area (Å²) in [7, 11) is 0. The van der Waals surface area contributed by atoms with E-state index in [0.717, 1.165) is 41.2 Å². The Morgan fingerprint density at radius 3 is 2.54 bits per heavy atom. The van der Waals surface area contributed by atoms with Gasteiger partial charge in [0.1, 0.15) is 16.5 Å². The molecule has 0 radical (unpaired) electrons. The number of likely N-dealkylation sites (tertiary alicyclic amines) is 1. The molecule has 2 aromatic heterocycles. The smallest absolute Gasteiger partial charge is 0.263 e. The van der Waals surface area contributed by atoms with E-state index in [2.05, 4.69) is 4.90 Å². The van der Waals surface area contributed by atoms with Crippen LogP contribution in [0, 0.1) is 19.7 Å². The summed E-state index contributed by atoms with van der Waals surface area (Å²) in [6, 6.07) is 5.42. The van der Waals surface area contributed by atoms with Crippen molar-refractivity contribution in [3.63, 3.8) is 0 Å². The number of hydrogen-bond acceptors (Lipinski definition) is 5. The van der Waals surface area contributed by atoms with Gasteiger partial charge in [-0.05, 0) is 69.6 Å². The van der Waals surface area contributed by atoms with Crippen molar-refractivity contribution in [3.05, 3.63) is 62.3 Å². The van der Waals surface area contributed by atoms with Crippen molar-refractivity contribution in [1.29, 1.82) is 0 Å². The molecular formula is C21H22FN3O2S. The maximum Gasteiger partial charge on any atom is 0.263 e. The number of aromatic nitrogens is 2. The third kappa shape index (κ3) is 3.52. The van der Waals surface area contributed by atoms with Crippen LogP contribution in [0.4, 0.5) is 4.39 Å². The average molecular weight is 399 g/mol. The highest BCUT2D eigenvalue weighted by Gasteiger charge is 2.21. The maximum atomic E-state index is 13.3. The first-order chi connectivity index (χ1) is 13.4. The van der Waals surface area contributed by atoms with E-state index in [9.17, 15) is 14.0 Å². The van der Waals surface area contributed by atoms with Gasteiger partial charge in [-0.2, -0.15) is 0 Å². The van der Waals surface area contributed by atoms with E-state index in [1.54, 1.807) is 0 Å². The average Bonchev–Trinajstić information content (AvgIpc) is 3.27. The first-order valence-corrected chi connectivity index (χ1v) is 10.3. The molecule has 0 saturated carbocycles. The minimum atomic E-state index is -0.393. The van der Waals surface area contributed by atoms with Crippen molar-refractivity contribution in [1.82, 2.24) is 14.5 Å². The van der Waals surface area contributed by atoms with Gasteiger partial charge >= 0.3 is 0 Å². The number of hydrogen-bond donors (Lipinski definition) is 0. The summed E-state index contributed by atoms with van der Waals surface area (Å²) in [6.45, 7) is 6.31. The van der Waals surface area contributed by atoms with Gasteiger partial charge in [0.15, 0.2) is 5.78 Å². The number of Topliss-reactive ketones (excluding diaryl/α,β-unsaturated/α-hetero) is 1. The van der Waals surface area contributed by atoms with Gasteiger partial charge in [-0.15, -0.1) is 11.3 Å². The fourth-order valence-corrected chi connectivity index (χ4v) is 4.70. The Morgan fingerprint density at radius 1 is 1.18 bits per heavy atom. The first-order valence-electron chi connectivity index (χ1n) is 9.44. The van der Waals surface area contributed by atoms with E-state index in [0.29, 0.717) is 23.3 Å². The van der Waals surface area contributed by atoms with Crippen LogP contribution in [0.3, 0.4) is 0 Å². The van der Waals surface area contributed by atoms with Gasteiger partial charge in [-0.1, -0.05) is 0 Å². The quantitative estimate of drug-likeness (QED) is 0.614. The lowest BCUT2D eigenvalue weighted by Gasteiger charge is -2.18. The second-order valence-corrected chi connectivity index (χ2v) is 8.50. The molecule has 28 heavy (non-hydrogen) atoms. The van der Waals surface area contributed by atoms with Crippen LogP contribution >= 0.6 is 11.3 Å². The predicted octanol–water partition coefficient (Wildman–Crippen LogP) is 3.69. The first kappa shape index (κ1) is 19.0. The zero-order valence-electron chi connectivity index (χ0n) is 16.0. The van der Waals surface area contributed by atoms with Crippen LogP contribution in [0.15, 0.2) is 29.1 Å². The molecule has 0 atom stereocenters. The van der Waals surface area contributed by atoms with Gasteiger partial charge in [0, 0.05) is 10.4 Å². The van der Waals surface area contributed by atoms with Gasteiger partial charge in [-0.3, -0.25) is 19.1 Å². The van der Waals surface area contributed by atoms with Gasteiger partial charge < -0.3 is 0 Å². The minimum absolute atomic E-state index is 0.0923. The van der Waals surface area contributed by atoms with E-state index >= 15 is 0 Å². The maximum absolute atomic E-state index is 13.3. The molecule has 1 aliphatic rings. The lowest BCUT2D eigenvalue weighted by Crippen LogP contribution is -2.32. The zero-order valence-corrected chi connectivity index (χ0v) is 16.8. The number of carbonyl (C=O) groups is 1. The number of nitrogens with zero attached hydrogens (tertiary/aromatic N) is 3. The molecule has 0 aliphatic carbocycles. The lowest BCUT2D eigenvalue weighted by atomic mass is 10.1. The number of carbonyl (C=O) groups excluding carboxylic acids is 1. The molecule has 0 unspecified atom stereocenters. The minimum Gasteiger partial charge on any atom is -0.296 e. The number of halogens is 1. The van der Waals surface area contributed by atoms with Crippen molar-refractivity contribution >= 4 is 27.3 Å². The highest BCUT2D eigenvalue weighted by molar-refractivity contribution is 7.18. The van der Waals surface area contributed by atoms with Gasteiger partial charge in [-0.25, -0.2) is 9.37 Å². The highest BCUT2D eigenvalue weighted by atomic mass is 32.1. The normalized spacial score (nSPS) is 14.8. The van der Waals surface area contributed by atoms with Crippen LogP contribution in [0.25, 0.3) is 10.2 Å². The molecule has 1 aromatic carbocycles. The van der Waals surface area contributed by atoms with Crippen LogP contribution in [0.2, 0.25) is 0 Å². The van der Waals surface area contributed by atoms with E-state index in [1.165, 1.54) is 40.2 Å². The Hall–Kier alpha value is -2.38. The number of rotatable bonds is 5. The monoisotopic (exact) mass is 399 g/mol. The Bertz CT molecular complexity index is 1100. The van der Waals surface area contributed by atoms with Crippen LogP contribution in [0.1, 0.15) is 39.5 Å². The molecule has 3 aromatic rings. The van der Waals surface area contributed by atoms with E-state index < -0.39 is 5.82 Å². The summed E-state index contributed by atoms with van der Waals surface area (Å²) in [5.41, 5.74) is 1.14. The van der Waals surface area contributed by atoms with Crippen LogP contribution in [0.5, 0.6) is 0 Å². The molecule has 7 heteroatoms. The highest BCUT2D eigenvalue weighted by Crippen LogP contribution is 2.27. The molecule has 4 rings (SSSR count). The Kier molecular flexibility index (Phi) is 5.12. The van der Waals surface area contributed by atoms with E-state index in [-0.39, 0.29) is 17.9 Å². The lowest BCUT2D eigenvalue weighted by molar-refractivity contribution is 0.0968. The second-order valence-electron chi connectivity index (χ2n) is 7.30. The van der Waals surface area contributed by atoms with Crippen molar-refractivity contribution < 1.29 is 9.18 Å². The van der Waals surface area contributed by atoms with Crippen molar-refractivity contribution in [3.8, 4) is 0 Å². The Morgan fingerprint density at radius 2 is 1.86 bits per heavy atom. The van der Waals surface area contributed by atoms with Crippen LogP contribution < -0.4 is 5.56 Å². The van der Waals surface area contributed by atoms with Crippen LogP contribution in [-0.2, 0) is 13.1 Å². The summed E-state index contributed by atoms with van der Waals surface area (Å²) < 4.78 is 14.7. The molecule has 1 aliphatic heterocycles. The number of fused-ring (bicyclic) bond motifs is 1. The van der Waals surface area contributed by atoms with E-state index in [4.69, 9.17) is 4.98 Å². The number of thiophene rings is 1. The van der Waals surface area contributed by atoms with Crippen molar-refractivity contribution in [2.24, 2.45) is 0 Å². The third-order valence-corrected chi connectivity index (χ3v) is 6.50. The standard InChI is InChI=1S/C21H22FN3O2S/c1-13-14(2)28-20-19(13)21(27)25(18(23-20)12-24-9-3-4-10-24)11-17(26)15-5-7-16(22)8-6-15/h5-8H,3-4,9-12H2,1-2H3. The number of aryl methyl sites for hydroxylation is 2. The summed E-state index contributed by atoms with van der Waals surface area (Å²) >= 11 is 1.52. The molecule has 0 spiro atoms. The summed E-state index contributed by atoms with van der Waals surface area (Å²) in [6.07, 6.45) is 2.27. The molecule has 0 N–H and O–H groups in total. The van der Waals surface area contributed by atoms with E-state index in [1.807, 2.05) is 13.8 Å². The molecular weight excluding hydrogens is 377 g/mol. The van der Waals surface area contributed by atoms with Gasteiger partial charge in [0.05, 0.1) is 18.5 Å². The van der Waals surface area contributed by atoms with Gasteiger partial charge in [0.2, 0.25) is 0 Å². The topological polar surface area (TPSA) is 55.2 Å². The predicted molar refractivity (Wildman–Crippen MR) is 109 cm³/mol.